The van der Waals surface area contributed by atoms with Gasteiger partial charge in [-0.25, -0.2) is 0 Å². The van der Waals surface area contributed by atoms with Crippen LogP contribution in [0.4, 0.5) is 0 Å². The molecule has 0 aliphatic rings. The van der Waals surface area contributed by atoms with E-state index in [0.717, 1.165) is 32.5 Å². The molecular weight excluding hydrogens is 360 g/mol. The molecule has 0 radical (unpaired) electrons. The summed E-state index contributed by atoms with van der Waals surface area (Å²) in [6.45, 7) is 20.3. The Bertz CT molecular complexity index is 325. The molecule has 0 unspecified atom stereocenters. The molecule has 0 amide bonds. The van der Waals surface area contributed by atoms with Crippen LogP contribution in [-0.4, -0.2) is 34.6 Å². The van der Waals surface area contributed by atoms with Crippen LogP contribution in [-0.2, 0) is 8.85 Å². The van der Waals surface area contributed by atoms with Gasteiger partial charge in [0.2, 0.25) is 0 Å². The first kappa shape index (κ1) is 25.7. The highest BCUT2D eigenvalue weighted by atomic mass is 32.1. The summed E-state index contributed by atoms with van der Waals surface area (Å²) in [6, 6.07) is 3.83. The molecule has 0 fully saturated rings. The van der Waals surface area contributed by atoms with E-state index in [-0.39, 0.29) is 9.41 Å². The van der Waals surface area contributed by atoms with Crippen LogP contribution in [0.15, 0.2) is 0 Å². The van der Waals surface area contributed by atoms with Crippen LogP contribution in [0.2, 0.25) is 18.1 Å². The lowest BCUT2D eigenvalue weighted by atomic mass is 9.93. The largest absolute Gasteiger partial charge is 0.396 e. The summed E-state index contributed by atoms with van der Waals surface area (Å²) in [6.07, 6.45) is 5.71. The normalized spacial score (nSPS) is 15.6. The standard InChI is InChI=1S/C20H46O2SSi2/c1-9-14-16-21-24(22-17-15-10-2)20(23,18-19(6,7)8)25(11-3,12-4)13-5/h23-24H,9-18H2,1-8H3/t20-/m1/s1. The van der Waals surface area contributed by atoms with E-state index in [1.807, 2.05) is 0 Å². The minimum absolute atomic E-state index is 0.00895. The topological polar surface area (TPSA) is 18.5 Å². The van der Waals surface area contributed by atoms with E-state index in [2.05, 4.69) is 55.4 Å². The zero-order chi connectivity index (χ0) is 19.6. The van der Waals surface area contributed by atoms with Crippen molar-refractivity contribution in [1.29, 1.82) is 0 Å². The van der Waals surface area contributed by atoms with E-state index in [1.54, 1.807) is 0 Å². The third-order valence-electron chi connectivity index (χ3n) is 5.67. The van der Waals surface area contributed by atoms with Crippen molar-refractivity contribution in [3.63, 3.8) is 0 Å². The van der Waals surface area contributed by atoms with Gasteiger partial charge in [0.05, 0.1) is 8.07 Å². The Hall–Kier alpha value is 0.704. The first-order valence-electron chi connectivity index (χ1n) is 10.6. The molecule has 0 saturated carbocycles. The molecule has 0 aromatic heterocycles. The molecule has 5 heteroatoms. The van der Waals surface area contributed by atoms with Crippen LogP contribution >= 0.6 is 12.6 Å². The Morgan fingerprint density at radius 1 is 0.800 bits per heavy atom. The van der Waals surface area contributed by atoms with Gasteiger partial charge in [-0.15, -0.1) is 0 Å². The molecule has 0 aromatic rings. The first-order chi connectivity index (χ1) is 11.7. The Morgan fingerprint density at radius 2 is 1.20 bits per heavy atom. The van der Waals surface area contributed by atoms with Crippen LogP contribution < -0.4 is 0 Å². The maximum atomic E-state index is 6.53. The molecule has 152 valence electrons. The van der Waals surface area contributed by atoms with E-state index < -0.39 is 17.4 Å². The monoisotopic (exact) mass is 406 g/mol. The Kier molecular flexibility index (Phi) is 12.6. The van der Waals surface area contributed by atoms with Gasteiger partial charge in [-0.1, -0.05) is 86.4 Å². The van der Waals surface area contributed by atoms with Gasteiger partial charge in [-0.2, -0.15) is 12.6 Å². The SMILES string of the molecule is CCCCO[SiH](OCCCC)[C@](S)(CC(C)(C)C)[Si](CC)(CC)CC. The Morgan fingerprint density at radius 3 is 1.48 bits per heavy atom. The number of hydrogen-bond donors (Lipinski definition) is 1. The first-order valence-corrected chi connectivity index (χ1v) is 15.2. The predicted octanol–water partition coefficient (Wildman–Crippen LogP) is 6.53. The van der Waals surface area contributed by atoms with Crippen LogP contribution in [0.1, 0.15) is 87.5 Å². The van der Waals surface area contributed by atoms with E-state index in [1.165, 1.54) is 31.0 Å². The Labute approximate surface area is 167 Å². The number of rotatable bonds is 14. The van der Waals surface area contributed by atoms with Gasteiger partial charge in [0.25, 0.3) is 0 Å². The quantitative estimate of drug-likeness (QED) is 0.201. The number of thiol groups is 1. The van der Waals surface area contributed by atoms with Crippen molar-refractivity contribution >= 4 is 30.0 Å². The minimum atomic E-state index is -1.88. The molecule has 1 atom stereocenters. The van der Waals surface area contributed by atoms with Gasteiger partial charge in [-0.05, 0) is 24.7 Å². The molecule has 2 nitrogen and oxygen atoms in total. The molecular formula is C20H46O2SSi2. The van der Waals surface area contributed by atoms with E-state index in [0.29, 0.717) is 0 Å². The summed E-state index contributed by atoms with van der Waals surface area (Å²) in [7, 11) is -3.47. The molecule has 0 rings (SSSR count). The molecule has 0 spiro atoms. The fraction of sp³-hybridized carbons (Fsp3) is 1.00. The third-order valence-corrected chi connectivity index (χ3v) is 18.6. The van der Waals surface area contributed by atoms with Gasteiger partial charge in [-0.3, -0.25) is 0 Å². The summed E-state index contributed by atoms with van der Waals surface area (Å²) in [5, 5.41) is 0. The molecule has 0 bridgehead atoms. The van der Waals surface area contributed by atoms with Crippen molar-refractivity contribution < 1.29 is 8.85 Å². The summed E-state index contributed by atoms with van der Waals surface area (Å²) >= 11 is 5.51. The van der Waals surface area contributed by atoms with Gasteiger partial charge in [0, 0.05) is 17.2 Å². The zero-order valence-electron chi connectivity index (χ0n) is 18.4. The van der Waals surface area contributed by atoms with Crippen LogP contribution in [0.5, 0.6) is 0 Å². The van der Waals surface area contributed by atoms with Gasteiger partial charge < -0.3 is 8.85 Å². The average molecular weight is 407 g/mol. The van der Waals surface area contributed by atoms with Crippen LogP contribution in [0.25, 0.3) is 0 Å². The van der Waals surface area contributed by atoms with E-state index >= 15 is 0 Å². The molecule has 0 aliphatic carbocycles. The van der Waals surface area contributed by atoms with E-state index in [4.69, 9.17) is 21.5 Å². The second-order valence-electron chi connectivity index (χ2n) is 8.78. The molecule has 0 N–H and O–H groups in total. The molecule has 0 aromatic carbocycles. The minimum Gasteiger partial charge on any atom is -0.396 e. The summed E-state index contributed by atoms with van der Waals surface area (Å²) < 4.78 is 13.0. The lowest BCUT2D eigenvalue weighted by Crippen LogP contribution is -2.65. The summed E-state index contributed by atoms with van der Waals surface area (Å²) in [4.78, 5) is 0. The van der Waals surface area contributed by atoms with Crippen molar-refractivity contribution in [3.05, 3.63) is 0 Å². The van der Waals surface area contributed by atoms with Crippen molar-refractivity contribution in [2.75, 3.05) is 13.2 Å². The lowest BCUT2D eigenvalue weighted by Gasteiger charge is -2.50. The second kappa shape index (κ2) is 12.2. The van der Waals surface area contributed by atoms with Crippen molar-refractivity contribution in [3.8, 4) is 0 Å². The highest BCUT2D eigenvalue weighted by Gasteiger charge is 2.56. The highest BCUT2D eigenvalue weighted by molar-refractivity contribution is 7.86. The zero-order valence-corrected chi connectivity index (χ0v) is 21.5. The maximum Gasteiger partial charge on any atom is 0.334 e. The summed E-state index contributed by atoms with van der Waals surface area (Å²) in [5.41, 5.74) is 0.243. The van der Waals surface area contributed by atoms with Crippen LogP contribution in [0.3, 0.4) is 0 Å². The summed E-state index contributed by atoms with van der Waals surface area (Å²) in [5.74, 6) is 0. The molecule has 25 heavy (non-hydrogen) atoms. The molecule has 0 aliphatic heterocycles. The molecule has 0 heterocycles. The fourth-order valence-corrected chi connectivity index (χ4v) is 17.1. The number of hydrogen-bond acceptors (Lipinski definition) is 3. The van der Waals surface area contributed by atoms with Gasteiger partial charge in [0.1, 0.15) is 0 Å². The van der Waals surface area contributed by atoms with Gasteiger partial charge in [0.15, 0.2) is 0 Å². The van der Waals surface area contributed by atoms with E-state index in [9.17, 15) is 0 Å². The Balaban J connectivity index is 5.77. The second-order valence-corrected chi connectivity index (χ2v) is 19.0. The smallest absolute Gasteiger partial charge is 0.334 e. The van der Waals surface area contributed by atoms with Gasteiger partial charge >= 0.3 is 9.28 Å². The maximum absolute atomic E-state index is 6.53. The fourth-order valence-electron chi connectivity index (χ4n) is 3.99. The number of unbranched alkanes of at least 4 members (excludes halogenated alkanes) is 2. The predicted molar refractivity (Wildman–Crippen MR) is 122 cm³/mol. The van der Waals surface area contributed by atoms with Crippen molar-refractivity contribution in [1.82, 2.24) is 0 Å². The third kappa shape index (κ3) is 7.69. The van der Waals surface area contributed by atoms with Crippen LogP contribution in [0, 0.1) is 5.41 Å². The lowest BCUT2D eigenvalue weighted by molar-refractivity contribution is 0.179. The highest BCUT2D eigenvalue weighted by Crippen LogP contribution is 2.46. The molecule has 0 saturated heterocycles. The van der Waals surface area contributed by atoms with Crippen molar-refractivity contribution in [2.45, 2.75) is 110 Å². The average Bonchev–Trinajstić information content (AvgIpc) is 2.54. The van der Waals surface area contributed by atoms with Crippen molar-refractivity contribution in [2.24, 2.45) is 5.41 Å².